The molecule has 2 aliphatic rings. The van der Waals surface area contributed by atoms with Gasteiger partial charge in [-0.05, 0) is 55.2 Å². The summed E-state index contributed by atoms with van der Waals surface area (Å²) in [7, 11) is 2.07. The third-order valence-corrected chi connectivity index (χ3v) is 9.06. The first kappa shape index (κ1) is 26.7. The highest BCUT2D eigenvalue weighted by atomic mass is 35.5. The van der Waals surface area contributed by atoms with Crippen LogP contribution in [0.15, 0.2) is 47.6 Å². The molecular weight excluding hydrogens is 507 g/mol. The SMILES string of the molecule is CC(CC1CCC(C)C1Sc1cc(C(=O)Nc2cc(F)c(F)c(F)c2)ccc1Cl)CN1C=CN(C)C1. The van der Waals surface area contributed by atoms with Gasteiger partial charge in [0, 0.05) is 59.5 Å². The van der Waals surface area contributed by atoms with E-state index in [1.807, 2.05) is 0 Å². The molecule has 194 valence electrons. The standard InChI is InChI=1S/C27H31ClF3N3OS/c1-16(14-34-9-8-33(3)15-34)10-18-5-4-17(2)26(18)36-24-11-19(6-7-21(24)28)27(35)32-20-12-22(29)25(31)23(30)13-20/h6-9,11-13,16-18,26H,4-5,10,14-15H2,1-3H3,(H,32,35). The smallest absolute Gasteiger partial charge is 0.255 e. The van der Waals surface area contributed by atoms with Gasteiger partial charge >= 0.3 is 0 Å². The van der Waals surface area contributed by atoms with Gasteiger partial charge < -0.3 is 15.1 Å². The second kappa shape index (κ2) is 11.4. The Morgan fingerprint density at radius 3 is 2.56 bits per heavy atom. The molecule has 1 amide bonds. The molecule has 9 heteroatoms. The lowest BCUT2D eigenvalue weighted by atomic mass is 9.93. The van der Waals surface area contributed by atoms with E-state index < -0.39 is 23.4 Å². The van der Waals surface area contributed by atoms with Crippen LogP contribution in [0.4, 0.5) is 18.9 Å². The van der Waals surface area contributed by atoms with E-state index in [1.54, 1.807) is 30.0 Å². The van der Waals surface area contributed by atoms with Crippen LogP contribution in [0, 0.1) is 35.2 Å². The Balaban J connectivity index is 1.43. The molecule has 4 nitrogen and oxygen atoms in total. The Hall–Kier alpha value is -2.32. The minimum atomic E-state index is -1.57. The van der Waals surface area contributed by atoms with Crippen molar-refractivity contribution >= 4 is 35.0 Å². The van der Waals surface area contributed by atoms with Crippen molar-refractivity contribution in [3.05, 3.63) is 70.8 Å². The number of nitrogens with one attached hydrogen (secondary N) is 1. The molecule has 4 unspecified atom stereocenters. The van der Waals surface area contributed by atoms with Gasteiger partial charge in [-0.1, -0.05) is 25.4 Å². The van der Waals surface area contributed by atoms with Crippen LogP contribution in [0.3, 0.4) is 0 Å². The Bertz CT molecular complexity index is 1120. The highest BCUT2D eigenvalue weighted by molar-refractivity contribution is 8.00. The second-order valence-corrected chi connectivity index (χ2v) is 11.7. The minimum absolute atomic E-state index is 0.155. The number of anilines is 1. The summed E-state index contributed by atoms with van der Waals surface area (Å²) < 4.78 is 40.3. The van der Waals surface area contributed by atoms with Crippen LogP contribution in [0.5, 0.6) is 0 Å². The number of benzene rings is 2. The molecule has 1 aliphatic carbocycles. The zero-order valence-electron chi connectivity index (χ0n) is 20.6. The number of hydrogen-bond donors (Lipinski definition) is 1. The fraction of sp³-hybridized carbons (Fsp3) is 0.444. The minimum Gasteiger partial charge on any atom is -0.362 e. The monoisotopic (exact) mass is 537 g/mol. The van der Waals surface area contributed by atoms with Gasteiger partial charge in [0.25, 0.3) is 5.91 Å². The summed E-state index contributed by atoms with van der Waals surface area (Å²) in [5, 5.41) is 3.37. The van der Waals surface area contributed by atoms with E-state index in [4.69, 9.17) is 11.6 Å². The van der Waals surface area contributed by atoms with Gasteiger partial charge in [0.05, 0.1) is 11.7 Å². The van der Waals surface area contributed by atoms with Crippen molar-refractivity contribution in [2.75, 3.05) is 25.6 Å². The Kier molecular flexibility index (Phi) is 8.45. The molecule has 0 radical (unpaired) electrons. The van der Waals surface area contributed by atoms with Crippen molar-refractivity contribution in [1.29, 1.82) is 0 Å². The Morgan fingerprint density at radius 2 is 1.89 bits per heavy atom. The predicted molar refractivity (Wildman–Crippen MR) is 140 cm³/mol. The number of carbonyl (C=O) groups excluding carboxylic acids is 1. The molecule has 0 spiro atoms. The average molecular weight is 538 g/mol. The number of thioether (sulfide) groups is 1. The zero-order valence-corrected chi connectivity index (χ0v) is 22.2. The van der Waals surface area contributed by atoms with Crippen LogP contribution in [0.25, 0.3) is 0 Å². The van der Waals surface area contributed by atoms with E-state index in [2.05, 4.69) is 48.4 Å². The van der Waals surface area contributed by atoms with Crippen molar-refractivity contribution in [3.8, 4) is 0 Å². The van der Waals surface area contributed by atoms with E-state index in [1.165, 1.54) is 6.42 Å². The van der Waals surface area contributed by atoms with Crippen molar-refractivity contribution in [2.24, 2.45) is 17.8 Å². The number of rotatable bonds is 8. The van der Waals surface area contributed by atoms with Crippen LogP contribution in [-0.2, 0) is 0 Å². The fourth-order valence-electron chi connectivity index (χ4n) is 5.15. The van der Waals surface area contributed by atoms with Gasteiger partial charge in [-0.2, -0.15) is 0 Å². The molecule has 1 fully saturated rings. The summed E-state index contributed by atoms with van der Waals surface area (Å²) in [6.07, 6.45) is 7.68. The van der Waals surface area contributed by atoms with E-state index in [-0.39, 0.29) is 5.69 Å². The fourth-order valence-corrected chi connectivity index (χ4v) is 6.87. The van der Waals surface area contributed by atoms with Crippen LogP contribution in [0.1, 0.15) is 43.5 Å². The first-order valence-electron chi connectivity index (χ1n) is 12.2. The summed E-state index contributed by atoms with van der Waals surface area (Å²) in [6.45, 7) is 6.51. The topological polar surface area (TPSA) is 35.6 Å². The molecule has 0 bridgehead atoms. The highest BCUT2D eigenvalue weighted by Gasteiger charge is 2.35. The Morgan fingerprint density at radius 1 is 1.17 bits per heavy atom. The number of halogens is 4. The molecule has 1 heterocycles. The van der Waals surface area contributed by atoms with Gasteiger partial charge in [0.15, 0.2) is 17.5 Å². The highest BCUT2D eigenvalue weighted by Crippen LogP contribution is 2.46. The van der Waals surface area contributed by atoms with Crippen molar-refractivity contribution in [1.82, 2.24) is 9.80 Å². The maximum atomic E-state index is 13.5. The van der Waals surface area contributed by atoms with Gasteiger partial charge in [-0.3, -0.25) is 4.79 Å². The van der Waals surface area contributed by atoms with E-state index >= 15 is 0 Å². The van der Waals surface area contributed by atoms with E-state index in [0.717, 1.165) is 43.1 Å². The second-order valence-electron chi connectivity index (χ2n) is 10.1. The first-order chi connectivity index (χ1) is 17.1. The van der Waals surface area contributed by atoms with Crippen LogP contribution >= 0.6 is 23.4 Å². The largest absolute Gasteiger partial charge is 0.362 e. The quantitative estimate of drug-likeness (QED) is 0.361. The number of carbonyl (C=O) groups is 1. The third kappa shape index (κ3) is 6.32. The van der Waals surface area contributed by atoms with Gasteiger partial charge in [0.2, 0.25) is 0 Å². The summed E-state index contributed by atoms with van der Waals surface area (Å²) >= 11 is 8.22. The normalized spacial score (nSPS) is 22.4. The molecule has 0 saturated heterocycles. The molecule has 4 rings (SSSR count). The van der Waals surface area contributed by atoms with Crippen LogP contribution in [0.2, 0.25) is 5.02 Å². The average Bonchev–Trinajstić information content (AvgIpc) is 3.38. The van der Waals surface area contributed by atoms with Crippen LogP contribution in [-0.4, -0.2) is 41.2 Å². The van der Waals surface area contributed by atoms with E-state index in [0.29, 0.717) is 33.6 Å². The number of hydrogen-bond acceptors (Lipinski definition) is 4. The van der Waals surface area contributed by atoms with Gasteiger partial charge in [-0.25, -0.2) is 13.2 Å². The summed E-state index contributed by atoms with van der Waals surface area (Å²) in [5.41, 5.74) is 0.158. The molecule has 36 heavy (non-hydrogen) atoms. The van der Waals surface area contributed by atoms with E-state index in [9.17, 15) is 18.0 Å². The predicted octanol–water partition coefficient (Wildman–Crippen LogP) is 7.22. The van der Waals surface area contributed by atoms with Crippen molar-refractivity contribution in [2.45, 2.75) is 43.3 Å². The maximum absolute atomic E-state index is 13.5. The lowest BCUT2D eigenvalue weighted by molar-refractivity contribution is 0.102. The summed E-state index contributed by atoms with van der Waals surface area (Å²) in [5.74, 6) is -3.23. The molecular formula is C27H31ClF3N3OS. The van der Waals surface area contributed by atoms with Crippen molar-refractivity contribution in [3.63, 3.8) is 0 Å². The van der Waals surface area contributed by atoms with Crippen LogP contribution < -0.4 is 5.32 Å². The third-order valence-electron chi connectivity index (χ3n) is 6.90. The lowest BCUT2D eigenvalue weighted by Gasteiger charge is -2.28. The molecule has 1 aliphatic heterocycles. The van der Waals surface area contributed by atoms with Crippen molar-refractivity contribution < 1.29 is 18.0 Å². The Labute approximate surface area is 219 Å². The molecule has 0 aromatic heterocycles. The number of nitrogens with zero attached hydrogens (tertiary/aromatic N) is 2. The number of amides is 1. The van der Waals surface area contributed by atoms with Gasteiger partial charge in [-0.15, -0.1) is 11.8 Å². The first-order valence-corrected chi connectivity index (χ1v) is 13.4. The maximum Gasteiger partial charge on any atom is 0.255 e. The molecule has 4 atom stereocenters. The molecule has 1 N–H and O–H groups in total. The zero-order chi connectivity index (χ0) is 26.0. The summed E-state index contributed by atoms with van der Waals surface area (Å²) in [6, 6.07) is 6.46. The lowest BCUT2D eigenvalue weighted by Crippen LogP contribution is -2.28. The van der Waals surface area contributed by atoms with Gasteiger partial charge in [0.1, 0.15) is 0 Å². The summed E-state index contributed by atoms with van der Waals surface area (Å²) in [4.78, 5) is 18.1. The molecule has 2 aromatic rings. The molecule has 1 saturated carbocycles. The molecule has 2 aromatic carbocycles.